The summed E-state index contributed by atoms with van der Waals surface area (Å²) in [6.45, 7) is 4.62. The number of carboxylic acid groups (broad SMARTS) is 1. The van der Waals surface area contributed by atoms with Gasteiger partial charge >= 0.3 is 12.1 Å². The molecule has 186 valence electrons. The van der Waals surface area contributed by atoms with Crippen LogP contribution in [0.25, 0.3) is 11.1 Å². The van der Waals surface area contributed by atoms with E-state index in [9.17, 15) is 14.4 Å². The number of carboxylic acids is 1. The van der Waals surface area contributed by atoms with Crippen molar-refractivity contribution in [3.05, 3.63) is 59.7 Å². The third-order valence-corrected chi connectivity index (χ3v) is 6.68. The zero-order chi connectivity index (χ0) is 24.9. The molecule has 0 saturated carbocycles. The topological polar surface area (TPSA) is 105 Å². The van der Waals surface area contributed by atoms with Gasteiger partial charge in [0, 0.05) is 31.5 Å². The Hall–Kier alpha value is -3.39. The van der Waals surface area contributed by atoms with E-state index in [-0.39, 0.29) is 30.9 Å². The summed E-state index contributed by atoms with van der Waals surface area (Å²) >= 11 is 0. The maximum Gasteiger partial charge on any atom is 0.407 e. The fourth-order valence-corrected chi connectivity index (χ4v) is 4.96. The van der Waals surface area contributed by atoms with Crippen molar-refractivity contribution in [2.45, 2.75) is 57.2 Å². The number of carbonyl (C=O) groups is 3. The molecule has 0 radical (unpaired) electrons. The molecule has 2 aromatic rings. The van der Waals surface area contributed by atoms with Gasteiger partial charge < -0.3 is 24.8 Å². The molecule has 2 aromatic carbocycles. The van der Waals surface area contributed by atoms with Gasteiger partial charge in [0.2, 0.25) is 0 Å². The lowest BCUT2D eigenvalue weighted by Crippen LogP contribution is -2.51. The Labute approximate surface area is 205 Å². The van der Waals surface area contributed by atoms with Gasteiger partial charge in [-0.3, -0.25) is 9.59 Å². The molecule has 1 fully saturated rings. The van der Waals surface area contributed by atoms with Crippen molar-refractivity contribution >= 4 is 18.0 Å². The molecular weight excluding hydrogens is 448 g/mol. The number of ether oxygens (including phenoxy) is 2. The van der Waals surface area contributed by atoms with Gasteiger partial charge in [0.25, 0.3) is 5.91 Å². The fraction of sp³-hybridized carbons (Fsp3) is 0.444. The molecule has 1 aliphatic carbocycles. The van der Waals surface area contributed by atoms with Gasteiger partial charge in [-0.05, 0) is 48.9 Å². The molecule has 0 aromatic heterocycles. The van der Waals surface area contributed by atoms with Crippen molar-refractivity contribution in [3.63, 3.8) is 0 Å². The number of rotatable bonds is 9. The van der Waals surface area contributed by atoms with E-state index in [1.54, 1.807) is 4.90 Å². The molecule has 1 saturated heterocycles. The highest BCUT2D eigenvalue weighted by Gasteiger charge is 2.39. The summed E-state index contributed by atoms with van der Waals surface area (Å²) in [5.74, 6) is -1.18. The van der Waals surface area contributed by atoms with Crippen LogP contribution >= 0.6 is 0 Å². The van der Waals surface area contributed by atoms with Crippen LogP contribution in [0.15, 0.2) is 48.5 Å². The number of hydrogen-bond donors (Lipinski definition) is 2. The van der Waals surface area contributed by atoms with Crippen molar-refractivity contribution in [1.82, 2.24) is 10.2 Å². The first kappa shape index (κ1) is 24.7. The van der Waals surface area contributed by atoms with Crippen LogP contribution < -0.4 is 5.32 Å². The van der Waals surface area contributed by atoms with E-state index in [0.717, 1.165) is 22.3 Å². The fourth-order valence-electron chi connectivity index (χ4n) is 4.96. The second kappa shape index (κ2) is 10.9. The summed E-state index contributed by atoms with van der Waals surface area (Å²) in [5.41, 5.74) is 4.58. The van der Waals surface area contributed by atoms with Gasteiger partial charge in [0.15, 0.2) is 6.10 Å². The molecule has 4 rings (SSSR count). The molecule has 35 heavy (non-hydrogen) atoms. The van der Waals surface area contributed by atoms with E-state index in [2.05, 4.69) is 29.6 Å². The van der Waals surface area contributed by atoms with Gasteiger partial charge in [-0.1, -0.05) is 48.5 Å². The quantitative estimate of drug-likeness (QED) is 0.566. The monoisotopic (exact) mass is 480 g/mol. The van der Waals surface area contributed by atoms with Crippen LogP contribution in [0.5, 0.6) is 0 Å². The first-order valence-corrected chi connectivity index (χ1v) is 12.1. The minimum absolute atomic E-state index is 0.0105. The van der Waals surface area contributed by atoms with E-state index in [1.807, 2.05) is 38.1 Å². The van der Waals surface area contributed by atoms with Crippen LogP contribution in [-0.4, -0.2) is 65.9 Å². The lowest BCUT2D eigenvalue weighted by Gasteiger charge is -2.31. The molecule has 2 amide bonds. The molecule has 1 heterocycles. The largest absolute Gasteiger partial charge is 0.481 e. The van der Waals surface area contributed by atoms with Crippen molar-refractivity contribution < 1.29 is 29.0 Å². The third kappa shape index (κ3) is 5.48. The lowest BCUT2D eigenvalue weighted by molar-refractivity contribution is -0.144. The number of aliphatic carboxylic acids is 1. The van der Waals surface area contributed by atoms with E-state index in [4.69, 9.17) is 14.6 Å². The number of amides is 2. The number of nitrogens with zero attached hydrogens (tertiary/aromatic N) is 1. The van der Waals surface area contributed by atoms with Crippen molar-refractivity contribution in [1.29, 1.82) is 0 Å². The maximum atomic E-state index is 13.2. The average molecular weight is 481 g/mol. The molecule has 8 nitrogen and oxygen atoms in total. The van der Waals surface area contributed by atoms with Crippen LogP contribution in [0.1, 0.15) is 50.2 Å². The molecule has 8 heteroatoms. The number of nitrogens with one attached hydrogen (secondary N) is 1. The molecule has 0 unspecified atom stereocenters. The van der Waals surface area contributed by atoms with E-state index in [1.165, 1.54) is 0 Å². The van der Waals surface area contributed by atoms with Crippen LogP contribution in [-0.2, 0) is 19.1 Å². The second-order valence-corrected chi connectivity index (χ2v) is 9.28. The van der Waals surface area contributed by atoms with Crippen molar-refractivity contribution in [2.75, 3.05) is 19.8 Å². The highest BCUT2D eigenvalue weighted by Crippen LogP contribution is 2.44. The first-order chi connectivity index (χ1) is 16.9. The SMILES string of the molecule is CC(C)N(CCCC(=O)O)C(=O)[C@H]1OCC[C@H]1NC(=O)OCC1c2ccccc2-c2ccccc21. The highest BCUT2D eigenvalue weighted by molar-refractivity contribution is 5.83. The second-order valence-electron chi connectivity index (χ2n) is 9.28. The molecule has 2 atom stereocenters. The summed E-state index contributed by atoms with van der Waals surface area (Å²) in [4.78, 5) is 38.3. The van der Waals surface area contributed by atoms with Crippen LogP contribution in [0.4, 0.5) is 4.79 Å². The molecule has 0 spiro atoms. The number of hydrogen-bond acceptors (Lipinski definition) is 5. The summed E-state index contributed by atoms with van der Waals surface area (Å²) in [6, 6.07) is 15.7. The van der Waals surface area contributed by atoms with Gasteiger partial charge in [0.05, 0.1) is 6.04 Å². The van der Waals surface area contributed by atoms with Crippen LogP contribution in [0.3, 0.4) is 0 Å². The van der Waals surface area contributed by atoms with E-state index in [0.29, 0.717) is 26.0 Å². The Bertz CT molecular complexity index is 1040. The molecule has 2 aliphatic rings. The van der Waals surface area contributed by atoms with Gasteiger partial charge in [-0.25, -0.2) is 4.79 Å². The minimum Gasteiger partial charge on any atom is -0.481 e. The van der Waals surface area contributed by atoms with Gasteiger partial charge in [-0.15, -0.1) is 0 Å². The molecule has 0 bridgehead atoms. The molecule has 2 N–H and O–H groups in total. The Kier molecular flexibility index (Phi) is 7.70. The highest BCUT2D eigenvalue weighted by atomic mass is 16.6. The normalized spacial score (nSPS) is 18.7. The zero-order valence-corrected chi connectivity index (χ0v) is 20.1. The molecular formula is C27H32N2O6. The van der Waals surface area contributed by atoms with Gasteiger partial charge in [-0.2, -0.15) is 0 Å². The van der Waals surface area contributed by atoms with Crippen LogP contribution in [0, 0.1) is 0 Å². The number of carbonyl (C=O) groups excluding carboxylic acids is 2. The molecule has 1 aliphatic heterocycles. The predicted molar refractivity (Wildman–Crippen MR) is 130 cm³/mol. The first-order valence-electron chi connectivity index (χ1n) is 12.1. The standard InChI is InChI=1S/C27H32N2O6/c1-17(2)29(14-7-12-24(30)31)26(32)25-23(13-15-34-25)28-27(33)35-16-22-20-10-5-3-8-18(20)19-9-4-6-11-21(19)22/h3-6,8-11,17,22-23,25H,7,12-16H2,1-2H3,(H,28,33)(H,30,31)/t23-,25+/m1/s1. The summed E-state index contributed by atoms with van der Waals surface area (Å²) in [6.07, 6.45) is -0.550. The summed E-state index contributed by atoms with van der Waals surface area (Å²) in [5, 5.41) is 11.7. The minimum atomic E-state index is -0.895. The van der Waals surface area contributed by atoms with E-state index >= 15 is 0 Å². The number of alkyl carbamates (subject to hydrolysis) is 1. The summed E-state index contributed by atoms with van der Waals surface area (Å²) in [7, 11) is 0. The van der Waals surface area contributed by atoms with Gasteiger partial charge in [0.1, 0.15) is 6.61 Å². The Morgan fingerprint density at radius 2 is 1.71 bits per heavy atom. The van der Waals surface area contributed by atoms with Crippen molar-refractivity contribution in [2.24, 2.45) is 0 Å². The summed E-state index contributed by atoms with van der Waals surface area (Å²) < 4.78 is 11.3. The van der Waals surface area contributed by atoms with Crippen LogP contribution in [0.2, 0.25) is 0 Å². The zero-order valence-electron chi connectivity index (χ0n) is 20.1. The smallest absolute Gasteiger partial charge is 0.407 e. The maximum absolute atomic E-state index is 13.2. The number of benzene rings is 2. The third-order valence-electron chi connectivity index (χ3n) is 6.68. The Balaban J connectivity index is 1.36. The average Bonchev–Trinajstić information content (AvgIpc) is 3.42. The van der Waals surface area contributed by atoms with E-state index < -0.39 is 24.2 Å². The van der Waals surface area contributed by atoms with Crippen molar-refractivity contribution in [3.8, 4) is 11.1 Å². The Morgan fingerprint density at radius 3 is 2.31 bits per heavy atom. The lowest BCUT2D eigenvalue weighted by atomic mass is 9.98. The Morgan fingerprint density at radius 1 is 1.09 bits per heavy atom. The number of fused-ring (bicyclic) bond motifs is 3. The predicted octanol–water partition coefficient (Wildman–Crippen LogP) is 3.78.